The highest BCUT2D eigenvalue weighted by Crippen LogP contribution is 2.09. The molecule has 0 radical (unpaired) electrons. The summed E-state index contributed by atoms with van der Waals surface area (Å²) >= 11 is 0. The number of hydrogen-bond acceptors (Lipinski definition) is 0. The Labute approximate surface area is 146 Å². The van der Waals surface area contributed by atoms with Crippen LogP contribution in [0.4, 0.5) is 0 Å². The van der Waals surface area contributed by atoms with Gasteiger partial charge in [-0.2, -0.15) is 0 Å². The first-order chi connectivity index (χ1) is 11.4. The van der Waals surface area contributed by atoms with Crippen molar-refractivity contribution < 1.29 is 0 Å². The molecule has 23 heavy (non-hydrogen) atoms. The molecule has 0 unspecified atom stereocenters. The van der Waals surface area contributed by atoms with E-state index < -0.39 is 0 Å². The molecule has 0 aromatic carbocycles. The Morgan fingerprint density at radius 2 is 0.870 bits per heavy atom. The van der Waals surface area contributed by atoms with E-state index in [1.165, 1.54) is 64.2 Å². The Morgan fingerprint density at radius 3 is 1.43 bits per heavy atom. The number of unbranched alkanes of at least 4 members (excludes halogenated alkanes) is 8. The van der Waals surface area contributed by atoms with Gasteiger partial charge in [0.15, 0.2) is 0 Å². The van der Waals surface area contributed by atoms with Crippen LogP contribution in [0, 0.1) is 0 Å². The topological polar surface area (TPSA) is 0 Å². The van der Waals surface area contributed by atoms with E-state index in [4.69, 9.17) is 0 Å². The van der Waals surface area contributed by atoms with Crippen LogP contribution in [0.15, 0.2) is 48.6 Å². The highest BCUT2D eigenvalue weighted by atomic mass is 14.0. The Bertz CT molecular complexity index is 317. The van der Waals surface area contributed by atoms with E-state index in [0.29, 0.717) is 0 Å². The predicted molar refractivity (Wildman–Crippen MR) is 108 cm³/mol. The number of hydrogen-bond donors (Lipinski definition) is 0. The minimum Gasteiger partial charge on any atom is -0.0885 e. The van der Waals surface area contributed by atoms with E-state index in [1.54, 1.807) is 0 Å². The van der Waals surface area contributed by atoms with Gasteiger partial charge in [0.25, 0.3) is 0 Å². The minimum absolute atomic E-state index is 1.08. The van der Waals surface area contributed by atoms with Crippen LogP contribution in [-0.4, -0.2) is 0 Å². The normalized spacial score (nSPS) is 12.6. The van der Waals surface area contributed by atoms with Crippen molar-refractivity contribution in [3.8, 4) is 0 Å². The lowest BCUT2D eigenvalue weighted by molar-refractivity contribution is 0.599. The monoisotopic (exact) mass is 316 g/mol. The van der Waals surface area contributed by atoms with E-state index >= 15 is 0 Å². The molecular weight excluding hydrogens is 276 g/mol. The molecule has 0 fully saturated rings. The van der Waals surface area contributed by atoms with Crippen molar-refractivity contribution >= 4 is 0 Å². The molecule has 0 amide bonds. The van der Waals surface area contributed by atoms with Crippen LogP contribution in [0.2, 0.25) is 0 Å². The van der Waals surface area contributed by atoms with Crippen molar-refractivity contribution in [1.29, 1.82) is 0 Å². The quantitative estimate of drug-likeness (QED) is 0.198. The summed E-state index contributed by atoms with van der Waals surface area (Å²) in [6, 6.07) is 0. The molecule has 0 bridgehead atoms. The lowest BCUT2D eigenvalue weighted by atomic mass is 10.1. The maximum atomic E-state index is 2.36. The van der Waals surface area contributed by atoms with Crippen LogP contribution < -0.4 is 0 Å². The molecule has 0 atom stereocenters. The molecule has 0 nitrogen and oxygen atoms in total. The molecule has 0 aliphatic rings. The first kappa shape index (κ1) is 22.0. The van der Waals surface area contributed by atoms with Crippen molar-refractivity contribution in [3.63, 3.8) is 0 Å². The van der Waals surface area contributed by atoms with Crippen LogP contribution in [0.25, 0.3) is 0 Å². The second-order valence-corrected chi connectivity index (χ2v) is 6.25. The second kappa shape index (κ2) is 21.0. The summed E-state index contributed by atoms with van der Waals surface area (Å²) in [5, 5.41) is 0. The summed E-state index contributed by atoms with van der Waals surface area (Å²) in [5.41, 5.74) is 0. The van der Waals surface area contributed by atoms with Crippen molar-refractivity contribution in [3.05, 3.63) is 48.6 Å². The zero-order valence-corrected chi connectivity index (χ0v) is 15.8. The maximum Gasteiger partial charge on any atom is -0.0169 e. The summed E-state index contributed by atoms with van der Waals surface area (Å²) in [7, 11) is 0. The summed E-state index contributed by atoms with van der Waals surface area (Å²) in [4.78, 5) is 0. The molecular formula is C23H40. The van der Waals surface area contributed by atoms with Gasteiger partial charge in [0, 0.05) is 0 Å². The molecule has 0 aliphatic heterocycles. The molecule has 132 valence electrons. The van der Waals surface area contributed by atoms with Crippen molar-refractivity contribution in [2.45, 2.75) is 97.3 Å². The molecule has 0 aromatic heterocycles. The van der Waals surface area contributed by atoms with E-state index in [1.807, 2.05) is 0 Å². The largest absolute Gasteiger partial charge is 0.0885 e. The fourth-order valence-electron chi connectivity index (χ4n) is 2.46. The van der Waals surface area contributed by atoms with Crippen LogP contribution in [0.3, 0.4) is 0 Å². The third-order valence-corrected chi connectivity index (χ3v) is 3.89. The van der Waals surface area contributed by atoms with Gasteiger partial charge in [-0.3, -0.25) is 0 Å². The van der Waals surface area contributed by atoms with Gasteiger partial charge in [0.1, 0.15) is 0 Å². The highest BCUT2D eigenvalue weighted by Gasteiger charge is 1.89. The molecule has 0 N–H and O–H groups in total. The van der Waals surface area contributed by atoms with Crippen LogP contribution >= 0.6 is 0 Å². The van der Waals surface area contributed by atoms with Gasteiger partial charge in [-0.15, -0.1) is 0 Å². The lowest BCUT2D eigenvalue weighted by Gasteiger charge is -1.99. The molecule has 0 saturated carbocycles. The zero-order chi connectivity index (χ0) is 16.8. The number of rotatable bonds is 16. The van der Waals surface area contributed by atoms with Gasteiger partial charge >= 0.3 is 0 Å². The smallest absolute Gasteiger partial charge is 0.0169 e. The van der Waals surface area contributed by atoms with E-state index in [-0.39, 0.29) is 0 Å². The zero-order valence-electron chi connectivity index (χ0n) is 15.8. The van der Waals surface area contributed by atoms with Crippen LogP contribution in [0.1, 0.15) is 97.3 Å². The van der Waals surface area contributed by atoms with Crippen molar-refractivity contribution in [2.24, 2.45) is 0 Å². The average molecular weight is 317 g/mol. The van der Waals surface area contributed by atoms with Gasteiger partial charge in [0.05, 0.1) is 0 Å². The summed E-state index contributed by atoms with van der Waals surface area (Å²) in [6.45, 7) is 4.41. The fourth-order valence-corrected chi connectivity index (χ4v) is 2.46. The summed E-state index contributed by atoms with van der Waals surface area (Å²) in [6.07, 6.45) is 35.1. The minimum atomic E-state index is 1.08. The molecule has 0 saturated heterocycles. The number of allylic oxidation sites excluding steroid dienone is 8. The third-order valence-electron chi connectivity index (χ3n) is 3.89. The molecule has 0 aromatic rings. The van der Waals surface area contributed by atoms with Crippen LogP contribution in [0.5, 0.6) is 0 Å². The molecule has 0 aliphatic carbocycles. The first-order valence-electron chi connectivity index (χ1n) is 10.0. The van der Waals surface area contributed by atoms with E-state index in [2.05, 4.69) is 62.5 Å². The SMILES string of the molecule is CC/C=C\C/C=C\C/C=C\CCCCCCCC/C=C\CCC. The van der Waals surface area contributed by atoms with Gasteiger partial charge in [-0.1, -0.05) is 94.6 Å². The van der Waals surface area contributed by atoms with Gasteiger partial charge in [-0.25, -0.2) is 0 Å². The molecule has 0 heterocycles. The average Bonchev–Trinajstić information content (AvgIpc) is 2.57. The van der Waals surface area contributed by atoms with Gasteiger partial charge in [0.2, 0.25) is 0 Å². The molecule has 0 rings (SSSR count). The van der Waals surface area contributed by atoms with Gasteiger partial charge in [-0.05, 0) is 51.4 Å². The van der Waals surface area contributed by atoms with E-state index in [9.17, 15) is 0 Å². The highest BCUT2D eigenvalue weighted by molar-refractivity contribution is 4.96. The van der Waals surface area contributed by atoms with Crippen LogP contribution in [-0.2, 0) is 0 Å². The first-order valence-corrected chi connectivity index (χ1v) is 10.0. The Hall–Kier alpha value is -1.04. The predicted octanol–water partition coefficient (Wildman–Crippen LogP) is 8.32. The third kappa shape index (κ3) is 21.0. The van der Waals surface area contributed by atoms with E-state index in [0.717, 1.165) is 19.3 Å². The molecule has 0 heteroatoms. The Balaban J connectivity index is 3.20. The van der Waals surface area contributed by atoms with Crippen molar-refractivity contribution in [1.82, 2.24) is 0 Å². The standard InChI is InChI=1S/C23H40/c1-3-5-7-9-11-13-15-17-19-21-23-22-20-18-16-14-12-10-8-6-4-2/h5,7-8,10-11,13,17,19H,3-4,6,9,12,14-16,18,20-23H2,1-2H3/b7-5-,10-8-,13-11-,19-17-. The second-order valence-electron chi connectivity index (χ2n) is 6.25. The summed E-state index contributed by atoms with van der Waals surface area (Å²) in [5.74, 6) is 0. The fraction of sp³-hybridized carbons (Fsp3) is 0.652. The Morgan fingerprint density at radius 1 is 0.435 bits per heavy atom. The summed E-state index contributed by atoms with van der Waals surface area (Å²) < 4.78 is 0. The maximum absolute atomic E-state index is 2.36. The van der Waals surface area contributed by atoms with Crippen molar-refractivity contribution in [2.75, 3.05) is 0 Å². The van der Waals surface area contributed by atoms with Gasteiger partial charge < -0.3 is 0 Å². The Kier molecular flexibility index (Phi) is 20.0. The lowest BCUT2D eigenvalue weighted by Crippen LogP contribution is -1.79. The molecule has 0 spiro atoms.